The third-order valence-electron chi connectivity index (χ3n) is 1.47. The van der Waals surface area contributed by atoms with E-state index >= 15 is 0 Å². The van der Waals surface area contributed by atoms with E-state index in [-0.39, 0.29) is 0 Å². The first-order valence-corrected chi connectivity index (χ1v) is 9.41. The van der Waals surface area contributed by atoms with Crippen molar-refractivity contribution in [2.45, 2.75) is 11.0 Å². The number of rotatable bonds is 1. The van der Waals surface area contributed by atoms with E-state index in [0.717, 1.165) is 0 Å². The fourth-order valence-corrected chi connectivity index (χ4v) is 2.92. The van der Waals surface area contributed by atoms with Crippen molar-refractivity contribution in [1.82, 2.24) is 0 Å². The van der Waals surface area contributed by atoms with Gasteiger partial charge in [0.25, 0.3) is 0 Å². The molecule has 1 heteroatoms. The molecule has 0 aliphatic rings. The van der Waals surface area contributed by atoms with Crippen LogP contribution in [-0.2, 0) is 0 Å². The molecule has 0 aliphatic carbocycles. The summed E-state index contributed by atoms with van der Waals surface area (Å²) in [7, 11) is 0. The van der Waals surface area contributed by atoms with E-state index in [1.807, 2.05) is 0 Å². The molecule has 46 valence electrons. The minimum atomic E-state index is -0.944. The van der Waals surface area contributed by atoms with E-state index in [1.54, 1.807) is 4.12 Å². The first-order valence-electron chi connectivity index (χ1n) is 3.35. The Morgan fingerprint density at radius 3 is 1.89 bits per heavy atom. The van der Waals surface area contributed by atoms with E-state index in [1.165, 1.54) is 0 Å². The summed E-state index contributed by atoms with van der Waals surface area (Å²) in [6, 6.07) is 10.8. The van der Waals surface area contributed by atoms with Crippen molar-refractivity contribution >= 4 is 20.3 Å². The van der Waals surface area contributed by atoms with Crippen molar-refractivity contribution < 1.29 is 0 Å². The summed E-state index contributed by atoms with van der Waals surface area (Å²) >= 11 is -0.944. The topological polar surface area (TPSA) is 0 Å². The molecule has 0 saturated heterocycles. The Labute approximate surface area is 61.9 Å². The van der Waals surface area contributed by atoms with Crippen LogP contribution >= 0.6 is 0 Å². The Bertz CT molecular complexity index is 167. The first-order chi connectivity index (χ1) is 4.30. The van der Waals surface area contributed by atoms with Gasteiger partial charge in [0.2, 0.25) is 0 Å². The third kappa shape index (κ3) is 1.92. The zero-order chi connectivity index (χ0) is 6.69. The second-order valence-electron chi connectivity index (χ2n) is 2.57. The maximum atomic E-state index is 2.39. The molecule has 0 fully saturated rings. The number of hydrogen-bond acceptors (Lipinski definition) is 0. The van der Waals surface area contributed by atoms with Gasteiger partial charge in [0.05, 0.1) is 0 Å². The van der Waals surface area contributed by atoms with Gasteiger partial charge in [-0.3, -0.25) is 0 Å². The van der Waals surface area contributed by atoms with E-state index in [4.69, 9.17) is 0 Å². The summed E-state index contributed by atoms with van der Waals surface area (Å²) in [5.74, 6) is 0. The van der Waals surface area contributed by atoms with Crippen LogP contribution in [0.25, 0.3) is 0 Å². The van der Waals surface area contributed by atoms with Crippen LogP contribution in [0.2, 0.25) is 11.0 Å². The molecule has 0 radical (unpaired) electrons. The van der Waals surface area contributed by atoms with Crippen molar-refractivity contribution in [3.05, 3.63) is 30.3 Å². The molecule has 1 aromatic rings. The molecule has 0 aliphatic heterocycles. The Hall–Kier alpha value is -0.144. The van der Waals surface area contributed by atoms with Crippen molar-refractivity contribution in [2.24, 2.45) is 0 Å². The first kappa shape index (κ1) is 6.97. The number of hydrogen-bond donors (Lipinski definition) is 0. The van der Waals surface area contributed by atoms with Gasteiger partial charge in [0.15, 0.2) is 0 Å². The van der Waals surface area contributed by atoms with Crippen LogP contribution in [0.3, 0.4) is 0 Å². The van der Waals surface area contributed by atoms with Crippen molar-refractivity contribution in [3.8, 4) is 0 Å². The van der Waals surface area contributed by atoms with E-state index < -0.39 is 16.2 Å². The average molecular weight is 177 g/mol. The standard InChI is InChI=1S/C6H5.2CH3.Ga/c1-2-4-6-5-3-1;;;/h1-5H;2*1H3;. The number of benzene rings is 1. The van der Waals surface area contributed by atoms with E-state index in [9.17, 15) is 0 Å². The molecule has 0 bridgehead atoms. The molecule has 0 unspecified atom stereocenters. The fraction of sp³-hybridized carbons (Fsp3) is 0.250. The normalized spacial score (nSPS) is 9.11. The Morgan fingerprint density at radius 2 is 1.56 bits per heavy atom. The van der Waals surface area contributed by atoms with Gasteiger partial charge in [-0.1, -0.05) is 0 Å². The molecule has 0 heterocycles. The van der Waals surface area contributed by atoms with Gasteiger partial charge >= 0.3 is 61.6 Å². The molecule has 9 heavy (non-hydrogen) atoms. The molecule has 0 aromatic heterocycles. The summed E-state index contributed by atoms with van der Waals surface area (Å²) in [6.45, 7) is 0. The van der Waals surface area contributed by atoms with Crippen molar-refractivity contribution in [2.75, 3.05) is 0 Å². The molecule has 0 atom stereocenters. The Morgan fingerprint density at radius 1 is 1.00 bits per heavy atom. The summed E-state index contributed by atoms with van der Waals surface area (Å²) in [4.78, 5) is 0. The minimum absolute atomic E-state index is 0.944. The molecule has 1 aromatic carbocycles. The van der Waals surface area contributed by atoms with Crippen molar-refractivity contribution in [3.63, 3.8) is 0 Å². The molecule has 0 spiro atoms. The predicted octanol–water partition coefficient (Wildman–Crippen LogP) is 1.65. The van der Waals surface area contributed by atoms with Crippen LogP contribution in [0.4, 0.5) is 0 Å². The molecule has 1 rings (SSSR count). The zero-order valence-electron chi connectivity index (χ0n) is 5.96. The second-order valence-corrected chi connectivity index (χ2v) is 8.81. The van der Waals surface area contributed by atoms with Gasteiger partial charge < -0.3 is 0 Å². The Kier molecular flexibility index (Phi) is 2.43. The van der Waals surface area contributed by atoms with Gasteiger partial charge in [-0.15, -0.1) is 0 Å². The maximum absolute atomic E-state index is 2.39. The van der Waals surface area contributed by atoms with Crippen molar-refractivity contribution in [1.29, 1.82) is 0 Å². The van der Waals surface area contributed by atoms with Gasteiger partial charge in [0.1, 0.15) is 0 Å². The Balaban J connectivity index is 2.85. The van der Waals surface area contributed by atoms with E-state index in [0.29, 0.717) is 0 Å². The molecule has 0 nitrogen and oxygen atoms in total. The molecular weight excluding hydrogens is 166 g/mol. The predicted molar refractivity (Wildman–Crippen MR) is 43.6 cm³/mol. The quantitative estimate of drug-likeness (QED) is 0.572. The van der Waals surface area contributed by atoms with Gasteiger partial charge in [-0.2, -0.15) is 0 Å². The van der Waals surface area contributed by atoms with Crippen LogP contribution in [0.15, 0.2) is 30.3 Å². The van der Waals surface area contributed by atoms with Crippen LogP contribution in [-0.4, -0.2) is 16.2 Å². The van der Waals surface area contributed by atoms with Gasteiger partial charge in [-0.25, -0.2) is 0 Å². The van der Waals surface area contributed by atoms with Crippen LogP contribution in [0, 0.1) is 0 Å². The summed E-state index contributed by atoms with van der Waals surface area (Å²) in [5, 5.41) is 0. The van der Waals surface area contributed by atoms with Gasteiger partial charge in [-0.05, 0) is 0 Å². The van der Waals surface area contributed by atoms with Gasteiger partial charge in [0, 0.05) is 0 Å². The molecule has 0 saturated carbocycles. The SMILES string of the molecule is [CH3][Ga]([CH3])[c]1ccccc1. The van der Waals surface area contributed by atoms with Crippen LogP contribution < -0.4 is 4.12 Å². The third-order valence-corrected chi connectivity index (χ3v) is 5.07. The molecule has 0 amide bonds. The zero-order valence-corrected chi connectivity index (χ0v) is 8.39. The van der Waals surface area contributed by atoms with E-state index in [2.05, 4.69) is 41.3 Å². The monoisotopic (exact) mass is 176 g/mol. The summed E-state index contributed by atoms with van der Waals surface area (Å²) in [5.41, 5.74) is 4.78. The molecule has 0 N–H and O–H groups in total. The average Bonchev–Trinajstić information content (AvgIpc) is 1.90. The van der Waals surface area contributed by atoms with Crippen LogP contribution in [0.1, 0.15) is 0 Å². The van der Waals surface area contributed by atoms with Crippen LogP contribution in [0.5, 0.6) is 0 Å². The summed E-state index contributed by atoms with van der Waals surface area (Å²) in [6.07, 6.45) is 0. The molecular formula is C8H11Ga. The fourth-order valence-electron chi connectivity index (χ4n) is 0.838. The second kappa shape index (κ2) is 3.13. The summed E-state index contributed by atoms with van der Waals surface area (Å²) < 4.78 is 1.60.